The van der Waals surface area contributed by atoms with Crippen molar-refractivity contribution in [3.8, 4) is 0 Å². The van der Waals surface area contributed by atoms with Gasteiger partial charge in [-0.25, -0.2) is 4.68 Å². The Kier molecular flexibility index (Phi) is 4.56. The first-order chi connectivity index (χ1) is 12.4. The van der Waals surface area contributed by atoms with Crippen molar-refractivity contribution in [1.82, 2.24) is 19.7 Å². The predicted molar refractivity (Wildman–Crippen MR) is 88.4 cm³/mol. The summed E-state index contributed by atoms with van der Waals surface area (Å²) in [5.74, 6) is 0.477. The number of carbonyl (C=O) groups is 1. The van der Waals surface area contributed by atoms with Crippen LogP contribution < -0.4 is 5.32 Å². The summed E-state index contributed by atoms with van der Waals surface area (Å²) < 4.78 is 41.3. The van der Waals surface area contributed by atoms with Crippen molar-refractivity contribution in [2.45, 2.75) is 63.2 Å². The van der Waals surface area contributed by atoms with Crippen LogP contribution in [0.25, 0.3) is 0 Å². The zero-order valence-electron chi connectivity index (χ0n) is 14.6. The summed E-state index contributed by atoms with van der Waals surface area (Å²) in [5.41, 5.74) is 0. The van der Waals surface area contributed by atoms with Crippen LogP contribution >= 0.6 is 0 Å². The number of hydrogen-bond donors (Lipinski definition) is 1. The summed E-state index contributed by atoms with van der Waals surface area (Å²) in [4.78, 5) is 18.5. The van der Waals surface area contributed by atoms with E-state index in [9.17, 15) is 18.0 Å². The summed E-state index contributed by atoms with van der Waals surface area (Å²) in [7, 11) is 0. The van der Waals surface area contributed by atoms with Crippen LogP contribution in [-0.4, -0.2) is 50.9 Å². The average Bonchev–Trinajstić information content (AvgIpc) is 3.31. The van der Waals surface area contributed by atoms with E-state index < -0.39 is 12.2 Å². The highest BCUT2D eigenvalue weighted by atomic mass is 19.4. The van der Waals surface area contributed by atoms with Crippen LogP contribution in [0.2, 0.25) is 0 Å². The Morgan fingerprint density at radius 3 is 2.69 bits per heavy atom. The number of nitrogens with one attached hydrogen (secondary N) is 1. The van der Waals surface area contributed by atoms with Gasteiger partial charge in [0.2, 0.25) is 11.9 Å². The molecule has 1 saturated carbocycles. The van der Waals surface area contributed by atoms with E-state index in [-0.39, 0.29) is 36.2 Å². The fourth-order valence-corrected chi connectivity index (χ4v) is 4.70. The lowest BCUT2D eigenvalue weighted by Crippen LogP contribution is -2.50. The Morgan fingerprint density at radius 2 is 1.96 bits per heavy atom. The van der Waals surface area contributed by atoms with Crippen molar-refractivity contribution in [2.75, 3.05) is 18.4 Å². The minimum atomic E-state index is -4.36. The van der Waals surface area contributed by atoms with E-state index in [0.717, 1.165) is 56.1 Å². The summed E-state index contributed by atoms with van der Waals surface area (Å²) in [6.07, 6.45) is 2.46. The van der Waals surface area contributed by atoms with Gasteiger partial charge >= 0.3 is 6.18 Å². The molecule has 1 N–H and O–H groups in total. The highest BCUT2D eigenvalue weighted by molar-refractivity contribution is 5.79. The zero-order valence-corrected chi connectivity index (χ0v) is 14.6. The monoisotopic (exact) mass is 371 g/mol. The number of halogens is 3. The topological polar surface area (TPSA) is 63.1 Å². The lowest BCUT2D eigenvalue weighted by molar-refractivity contribution is -0.175. The van der Waals surface area contributed by atoms with Crippen molar-refractivity contribution < 1.29 is 18.0 Å². The van der Waals surface area contributed by atoms with Gasteiger partial charge in [0.05, 0.1) is 0 Å². The lowest BCUT2D eigenvalue weighted by Gasteiger charge is -2.41. The maximum Gasteiger partial charge on any atom is 0.411 e. The third kappa shape index (κ3) is 3.27. The number of amides is 1. The number of aromatic nitrogens is 3. The Balaban J connectivity index is 1.48. The van der Waals surface area contributed by atoms with Gasteiger partial charge in [-0.1, -0.05) is 12.8 Å². The van der Waals surface area contributed by atoms with Crippen LogP contribution in [0, 0.1) is 11.8 Å². The van der Waals surface area contributed by atoms with E-state index in [4.69, 9.17) is 0 Å². The molecule has 0 radical (unpaired) electrons. The van der Waals surface area contributed by atoms with Crippen molar-refractivity contribution in [3.05, 3.63) is 6.33 Å². The molecule has 4 rings (SSSR count). The molecule has 1 aliphatic carbocycles. The smallest absolute Gasteiger partial charge is 0.351 e. The van der Waals surface area contributed by atoms with Gasteiger partial charge in [-0.05, 0) is 38.0 Å². The van der Waals surface area contributed by atoms with Gasteiger partial charge in [0.25, 0.3) is 0 Å². The summed E-state index contributed by atoms with van der Waals surface area (Å²) in [6.45, 7) is 1.25. The molecule has 0 bridgehead atoms. The fourth-order valence-electron chi connectivity index (χ4n) is 4.70. The normalized spacial score (nSPS) is 30.1. The second-order valence-corrected chi connectivity index (χ2v) is 7.74. The molecule has 6 nitrogen and oxygen atoms in total. The third-order valence-corrected chi connectivity index (χ3v) is 6.08. The summed E-state index contributed by atoms with van der Waals surface area (Å²) >= 11 is 0. The lowest BCUT2D eigenvalue weighted by atomic mass is 9.85. The Hall–Kier alpha value is -1.80. The number of anilines is 1. The molecule has 3 heterocycles. The van der Waals surface area contributed by atoms with E-state index in [1.165, 1.54) is 0 Å². The summed E-state index contributed by atoms with van der Waals surface area (Å²) in [5, 5.41) is 6.87. The number of hydrogen-bond acceptors (Lipinski definition) is 4. The number of rotatable bonds is 2. The molecule has 9 heteroatoms. The van der Waals surface area contributed by atoms with Gasteiger partial charge in [0.1, 0.15) is 6.33 Å². The summed E-state index contributed by atoms with van der Waals surface area (Å²) in [6, 6.07) is -2.01. The van der Waals surface area contributed by atoms with Crippen LogP contribution in [0.5, 0.6) is 0 Å². The van der Waals surface area contributed by atoms with Gasteiger partial charge < -0.3 is 10.2 Å². The molecule has 1 saturated heterocycles. The zero-order chi connectivity index (χ0) is 18.3. The molecular weight excluding hydrogens is 347 g/mol. The van der Waals surface area contributed by atoms with Gasteiger partial charge in [-0.15, -0.1) is 0 Å². The van der Waals surface area contributed by atoms with Crippen molar-refractivity contribution >= 4 is 11.9 Å². The maximum atomic E-state index is 13.5. The quantitative estimate of drug-likeness (QED) is 0.868. The minimum Gasteiger partial charge on any atom is -0.351 e. The van der Waals surface area contributed by atoms with E-state index in [1.54, 1.807) is 0 Å². The standard InChI is InChI=1S/C17H24F3N5O/c18-17(19,20)14-8-13(23-16-21-10-22-25(14)16)12-6-3-7-24(9-12)15(26)11-4-1-2-5-11/h10-14H,1-9H2,(H,21,22,23)/t12-,13+,14-/m1/s1. The molecule has 1 aromatic rings. The molecule has 2 fully saturated rings. The van der Waals surface area contributed by atoms with Gasteiger partial charge in [0.15, 0.2) is 6.04 Å². The average molecular weight is 371 g/mol. The van der Waals surface area contributed by atoms with E-state index in [0.29, 0.717) is 6.54 Å². The Morgan fingerprint density at radius 1 is 1.19 bits per heavy atom. The first kappa shape index (κ1) is 17.6. The molecular formula is C17H24F3N5O. The van der Waals surface area contributed by atoms with E-state index in [1.807, 2.05) is 4.90 Å². The van der Waals surface area contributed by atoms with Crippen LogP contribution in [0.15, 0.2) is 6.33 Å². The first-order valence-electron chi connectivity index (χ1n) is 9.45. The molecule has 1 aromatic heterocycles. The highest BCUT2D eigenvalue weighted by Crippen LogP contribution is 2.41. The molecule has 1 amide bonds. The second kappa shape index (κ2) is 6.74. The van der Waals surface area contributed by atoms with E-state index >= 15 is 0 Å². The maximum absolute atomic E-state index is 13.5. The fraction of sp³-hybridized carbons (Fsp3) is 0.824. The van der Waals surface area contributed by atoms with Gasteiger partial charge in [0, 0.05) is 25.0 Å². The minimum absolute atomic E-state index is 0.00408. The number of fused-ring (bicyclic) bond motifs is 1. The molecule has 26 heavy (non-hydrogen) atoms. The number of nitrogens with zero attached hydrogens (tertiary/aromatic N) is 4. The molecule has 144 valence electrons. The number of alkyl halides is 3. The van der Waals surface area contributed by atoms with Crippen molar-refractivity contribution in [2.24, 2.45) is 11.8 Å². The van der Waals surface area contributed by atoms with E-state index in [2.05, 4.69) is 15.4 Å². The van der Waals surface area contributed by atoms with Crippen LogP contribution in [0.1, 0.15) is 51.0 Å². The Bertz CT molecular complexity index is 655. The molecule has 3 aliphatic rings. The SMILES string of the molecule is O=C(C1CCCC1)N1CCC[C@@H]([C@@H]2C[C@H](C(F)(F)F)n3ncnc3N2)C1. The third-order valence-electron chi connectivity index (χ3n) is 6.08. The molecule has 0 spiro atoms. The first-order valence-corrected chi connectivity index (χ1v) is 9.45. The molecule has 3 atom stereocenters. The number of piperidine rings is 1. The predicted octanol–water partition coefficient (Wildman–Crippen LogP) is 2.99. The van der Waals surface area contributed by atoms with Gasteiger partial charge in [-0.3, -0.25) is 4.79 Å². The van der Waals surface area contributed by atoms with Crippen LogP contribution in [-0.2, 0) is 4.79 Å². The molecule has 0 aromatic carbocycles. The number of carbonyl (C=O) groups excluding carboxylic acids is 1. The van der Waals surface area contributed by atoms with Gasteiger partial charge in [-0.2, -0.15) is 23.3 Å². The largest absolute Gasteiger partial charge is 0.411 e. The van der Waals surface area contributed by atoms with Crippen LogP contribution in [0.4, 0.5) is 19.1 Å². The molecule has 0 unspecified atom stereocenters. The Labute approximate surface area is 150 Å². The highest BCUT2D eigenvalue weighted by Gasteiger charge is 2.48. The van der Waals surface area contributed by atoms with Crippen LogP contribution in [0.3, 0.4) is 0 Å². The second-order valence-electron chi connectivity index (χ2n) is 7.74. The molecule has 2 aliphatic heterocycles. The van der Waals surface area contributed by atoms with Crippen molar-refractivity contribution in [3.63, 3.8) is 0 Å². The van der Waals surface area contributed by atoms with Crippen molar-refractivity contribution in [1.29, 1.82) is 0 Å². The number of likely N-dealkylation sites (tertiary alicyclic amines) is 1.